The summed E-state index contributed by atoms with van der Waals surface area (Å²) in [4.78, 5) is 21.3. The van der Waals surface area contributed by atoms with Crippen molar-refractivity contribution in [3.63, 3.8) is 0 Å². The normalized spacial score (nSPS) is 11.1. The first-order valence-electron chi connectivity index (χ1n) is 10.4. The zero-order chi connectivity index (χ0) is 22.1. The Morgan fingerprint density at radius 2 is 1.44 bits per heavy atom. The van der Waals surface area contributed by atoms with Crippen LogP contribution in [0, 0.1) is 0 Å². The molecule has 3 heterocycles. The van der Waals surface area contributed by atoms with Gasteiger partial charge in [0.1, 0.15) is 6.61 Å². The summed E-state index contributed by atoms with van der Waals surface area (Å²) in [6.45, 7) is 0.413. The van der Waals surface area contributed by atoms with Crippen LogP contribution < -0.4 is 10.4 Å². The van der Waals surface area contributed by atoms with Crippen molar-refractivity contribution in [1.82, 2.24) is 19.1 Å². The molecule has 0 saturated carbocycles. The first kappa shape index (κ1) is 19.8. The molecule has 0 amide bonds. The second kappa shape index (κ2) is 8.15. The lowest BCUT2D eigenvalue weighted by Crippen LogP contribution is -2.20. The van der Waals surface area contributed by atoms with Crippen molar-refractivity contribution in [2.24, 2.45) is 14.1 Å². The Hall–Kier alpha value is -4.19. The Balaban J connectivity index is 1.41. The Kier molecular flexibility index (Phi) is 5.03. The third-order valence-electron chi connectivity index (χ3n) is 5.61. The van der Waals surface area contributed by atoms with Crippen molar-refractivity contribution < 1.29 is 4.74 Å². The number of aromatic nitrogens is 4. The highest BCUT2D eigenvalue weighted by Crippen LogP contribution is 2.30. The van der Waals surface area contributed by atoms with E-state index < -0.39 is 0 Å². The number of pyridine rings is 2. The summed E-state index contributed by atoms with van der Waals surface area (Å²) in [7, 11) is 3.59. The molecule has 5 rings (SSSR count). The minimum absolute atomic E-state index is 0.0680. The summed E-state index contributed by atoms with van der Waals surface area (Å²) >= 11 is 0. The molecular weight excluding hydrogens is 400 g/mol. The van der Waals surface area contributed by atoms with Gasteiger partial charge < -0.3 is 4.74 Å². The molecule has 0 bridgehead atoms. The maximum Gasteiger partial charge on any atom is 0.328 e. The first-order chi connectivity index (χ1) is 15.6. The molecule has 0 aliphatic rings. The van der Waals surface area contributed by atoms with Gasteiger partial charge in [-0.05, 0) is 29.8 Å². The molecule has 6 heteroatoms. The van der Waals surface area contributed by atoms with Gasteiger partial charge >= 0.3 is 5.69 Å². The molecule has 32 heavy (non-hydrogen) atoms. The Bertz CT molecular complexity index is 1450. The number of hydrogen-bond donors (Lipinski definition) is 0. The average Bonchev–Trinajstić information content (AvgIpc) is 3.07. The zero-order valence-corrected chi connectivity index (χ0v) is 17.9. The second-order valence-electron chi connectivity index (χ2n) is 7.66. The number of hydrogen-bond acceptors (Lipinski definition) is 4. The minimum Gasteiger partial charge on any atom is -0.473 e. The van der Waals surface area contributed by atoms with Gasteiger partial charge in [-0.3, -0.25) is 14.1 Å². The largest absolute Gasteiger partial charge is 0.473 e. The van der Waals surface area contributed by atoms with Crippen molar-refractivity contribution >= 4 is 10.9 Å². The van der Waals surface area contributed by atoms with Crippen LogP contribution in [0.3, 0.4) is 0 Å². The Morgan fingerprint density at radius 1 is 0.781 bits per heavy atom. The maximum absolute atomic E-state index is 12.7. The van der Waals surface area contributed by atoms with E-state index in [2.05, 4.69) is 9.97 Å². The number of ether oxygens (including phenoxy) is 1. The van der Waals surface area contributed by atoms with Gasteiger partial charge in [0.15, 0.2) is 0 Å². The van der Waals surface area contributed by atoms with Crippen LogP contribution >= 0.6 is 0 Å². The standard InChI is InChI=1S/C26H22N4O2/c1-29-24(25(30(2)26(29)31)21-13-15-27-16-14-21)20-9-7-18(8-10-20)17-32-23-12-11-19-5-3-4-6-22(19)28-23/h3-16H,17H2,1-2H3. The van der Waals surface area contributed by atoms with E-state index in [1.54, 1.807) is 35.6 Å². The molecule has 6 nitrogen and oxygen atoms in total. The van der Waals surface area contributed by atoms with Crippen LogP contribution in [0.2, 0.25) is 0 Å². The minimum atomic E-state index is -0.0680. The van der Waals surface area contributed by atoms with Crippen molar-refractivity contribution in [2.75, 3.05) is 0 Å². The highest BCUT2D eigenvalue weighted by atomic mass is 16.5. The van der Waals surface area contributed by atoms with Crippen molar-refractivity contribution in [3.05, 3.63) is 101 Å². The SMILES string of the molecule is Cn1c(-c2ccncc2)c(-c2ccc(COc3ccc4ccccc4n3)cc2)n(C)c1=O. The molecule has 3 aromatic heterocycles. The van der Waals surface area contributed by atoms with Crippen LogP contribution in [0.5, 0.6) is 5.88 Å². The van der Waals surface area contributed by atoms with E-state index >= 15 is 0 Å². The van der Waals surface area contributed by atoms with Crippen LogP contribution in [-0.4, -0.2) is 19.1 Å². The van der Waals surface area contributed by atoms with Crippen LogP contribution in [-0.2, 0) is 20.7 Å². The average molecular weight is 422 g/mol. The number of imidazole rings is 1. The number of benzene rings is 2. The van der Waals surface area contributed by atoms with E-state index in [-0.39, 0.29) is 5.69 Å². The monoisotopic (exact) mass is 422 g/mol. The van der Waals surface area contributed by atoms with Crippen molar-refractivity contribution in [1.29, 1.82) is 0 Å². The highest BCUT2D eigenvalue weighted by Gasteiger charge is 2.18. The van der Waals surface area contributed by atoms with Gasteiger partial charge in [0.2, 0.25) is 5.88 Å². The summed E-state index contributed by atoms with van der Waals surface area (Å²) < 4.78 is 9.26. The quantitative estimate of drug-likeness (QED) is 0.416. The van der Waals surface area contributed by atoms with Crippen LogP contribution in [0.1, 0.15) is 5.56 Å². The fourth-order valence-electron chi connectivity index (χ4n) is 3.95. The van der Waals surface area contributed by atoms with Crippen LogP contribution in [0.15, 0.2) is 90.0 Å². The molecule has 0 saturated heterocycles. The second-order valence-corrected chi connectivity index (χ2v) is 7.66. The van der Waals surface area contributed by atoms with Crippen molar-refractivity contribution in [2.45, 2.75) is 6.61 Å². The van der Waals surface area contributed by atoms with E-state index in [1.165, 1.54) is 0 Å². The third kappa shape index (κ3) is 3.56. The van der Waals surface area contributed by atoms with Gasteiger partial charge in [0.05, 0.1) is 16.9 Å². The molecule has 0 fully saturated rings. The number of para-hydroxylation sites is 1. The lowest BCUT2D eigenvalue weighted by Gasteiger charge is -2.10. The molecule has 0 aliphatic heterocycles. The predicted octanol–water partition coefficient (Wildman–Crippen LogP) is 4.58. The molecule has 0 N–H and O–H groups in total. The molecule has 0 atom stereocenters. The van der Waals surface area contributed by atoms with E-state index in [4.69, 9.17) is 4.74 Å². The Morgan fingerprint density at radius 3 is 2.16 bits per heavy atom. The van der Waals surface area contributed by atoms with Crippen molar-refractivity contribution in [3.8, 4) is 28.4 Å². The van der Waals surface area contributed by atoms with Crippen LogP contribution in [0.4, 0.5) is 0 Å². The molecule has 158 valence electrons. The summed E-state index contributed by atoms with van der Waals surface area (Å²) in [6, 6.07) is 23.8. The third-order valence-corrected chi connectivity index (χ3v) is 5.61. The molecule has 0 radical (unpaired) electrons. The molecule has 0 unspecified atom stereocenters. The molecule has 5 aromatic rings. The van der Waals surface area contributed by atoms with Gasteiger partial charge in [0, 0.05) is 49.1 Å². The molecule has 0 spiro atoms. The lowest BCUT2D eigenvalue weighted by molar-refractivity contribution is 0.295. The van der Waals surface area contributed by atoms with Gasteiger partial charge in [-0.2, -0.15) is 0 Å². The van der Waals surface area contributed by atoms with E-state index in [9.17, 15) is 4.79 Å². The number of rotatable bonds is 5. The smallest absolute Gasteiger partial charge is 0.328 e. The van der Waals surface area contributed by atoms with E-state index in [1.807, 2.05) is 72.8 Å². The molecular formula is C26H22N4O2. The fraction of sp³-hybridized carbons (Fsp3) is 0.115. The van der Waals surface area contributed by atoms with Gasteiger partial charge in [-0.25, -0.2) is 9.78 Å². The topological polar surface area (TPSA) is 61.9 Å². The fourth-order valence-corrected chi connectivity index (χ4v) is 3.95. The number of fused-ring (bicyclic) bond motifs is 1. The van der Waals surface area contributed by atoms with Crippen LogP contribution in [0.25, 0.3) is 33.4 Å². The van der Waals surface area contributed by atoms with Gasteiger partial charge in [-0.1, -0.05) is 42.5 Å². The molecule has 2 aromatic carbocycles. The Labute approximate surface area is 185 Å². The van der Waals surface area contributed by atoms with E-state index in [0.717, 1.165) is 39.0 Å². The maximum atomic E-state index is 12.7. The lowest BCUT2D eigenvalue weighted by atomic mass is 10.0. The summed E-state index contributed by atoms with van der Waals surface area (Å²) in [5.41, 5.74) is 5.51. The highest BCUT2D eigenvalue weighted by molar-refractivity contribution is 5.79. The van der Waals surface area contributed by atoms with Gasteiger partial charge in [0.25, 0.3) is 0 Å². The first-order valence-corrected chi connectivity index (χ1v) is 10.4. The summed E-state index contributed by atoms with van der Waals surface area (Å²) in [5.74, 6) is 0.596. The summed E-state index contributed by atoms with van der Waals surface area (Å²) in [5, 5.41) is 1.09. The number of nitrogens with zero attached hydrogens (tertiary/aromatic N) is 4. The van der Waals surface area contributed by atoms with Gasteiger partial charge in [-0.15, -0.1) is 0 Å². The zero-order valence-electron chi connectivity index (χ0n) is 17.9. The molecule has 0 aliphatic carbocycles. The van der Waals surface area contributed by atoms with E-state index in [0.29, 0.717) is 12.5 Å². The predicted molar refractivity (Wildman–Crippen MR) is 125 cm³/mol. The summed E-state index contributed by atoms with van der Waals surface area (Å²) in [6.07, 6.45) is 3.47.